The molecule has 7 heteroatoms. The number of nitrogens with one attached hydrogen (secondary N) is 2. The number of hydrogen-bond donors (Lipinski definition) is 3. The molecule has 21 heavy (non-hydrogen) atoms. The molecule has 1 aliphatic rings. The van der Waals surface area contributed by atoms with E-state index in [1.807, 2.05) is 0 Å². The predicted octanol–water partition coefficient (Wildman–Crippen LogP) is 1.07. The van der Waals surface area contributed by atoms with E-state index in [0.29, 0.717) is 17.9 Å². The van der Waals surface area contributed by atoms with Crippen molar-refractivity contribution in [2.24, 2.45) is 0 Å². The lowest BCUT2D eigenvalue weighted by Gasteiger charge is -2.16. The van der Waals surface area contributed by atoms with Crippen molar-refractivity contribution < 1.29 is 8.42 Å². The van der Waals surface area contributed by atoms with E-state index in [1.54, 1.807) is 19.1 Å². The molecule has 0 amide bonds. The topological polar surface area (TPSA) is 87.5 Å². The Morgan fingerprint density at radius 2 is 2.00 bits per heavy atom. The fraction of sp³-hybridized carbons (Fsp3) is 0.571. The highest BCUT2D eigenvalue weighted by Gasteiger charge is 2.15. The summed E-state index contributed by atoms with van der Waals surface area (Å²) < 4.78 is 26.5. The Morgan fingerprint density at radius 1 is 1.29 bits per heavy atom. The standard InChI is InChI=1S/C14H24N4O2S/c1-2-17-21(19,20)12-5-6-13(15)14(11-12)16-7-10-18-8-3-4-9-18/h5-6,11,16-17H,2-4,7-10,15H2,1H3. The summed E-state index contributed by atoms with van der Waals surface area (Å²) in [6.07, 6.45) is 2.52. The number of nitrogens with two attached hydrogens (primary N) is 1. The maximum absolute atomic E-state index is 12.0. The highest BCUT2D eigenvalue weighted by molar-refractivity contribution is 7.89. The first-order valence-electron chi connectivity index (χ1n) is 7.38. The van der Waals surface area contributed by atoms with Crippen molar-refractivity contribution in [1.82, 2.24) is 9.62 Å². The fourth-order valence-electron chi connectivity index (χ4n) is 2.48. The molecule has 0 saturated carbocycles. The molecule has 6 nitrogen and oxygen atoms in total. The molecule has 1 saturated heterocycles. The third kappa shape index (κ3) is 4.33. The molecule has 118 valence electrons. The molecule has 0 aliphatic carbocycles. The van der Waals surface area contributed by atoms with Crippen LogP contribution in [0.25, 0.3) is 0 Å². The summed E-state index contributed by atoms with van der Waals surface area (Å²) in [6, 6.07) is 4.75. The maximum Gasteiger partial charge on any atom is 0.240 e. The molecule has 0 radical (unpaired) electrons. The molecule has 1 aliphatic heterocycles. The van der Waals surface area contributed by atoms with Crippen molar-refractivity contribution in [3.8, 4) is 0 Å². The monoisotopic (exact) mass is 312 g/mol. The van der Waals surface area contributed by atoms with Crippen LogP contribution in [-0.2, 0) is 10.0 Å². The summed E-state index contributed by atoms with van der Waals surface area (Å²) in [5.41, 5.74) is 7.15. The number of rotatable bonds is 7. The number of sulfonamides is 1. The van der Waals surface area contributed by atoms with Crippen LogP contribution in [0.15, 0.2) is 23.1 Å². The van der Waals surface area contributed by atoms with Gasteiger partial charge in [0.2, 0.25) is 10.0 Å². The molecule has 2 rings (SSSR count). The number of nitrogens with zero attached hydrogens (tertiary/aromatic N) is 1. The third-order valence-corrected chi connectivity index (χ3v) is 5.15. The van der Waals surface area contributed by atoms with Crippen LogP contribution in [0.1, 0.15) is 19.8 Å². The number of likely N-dealkylation sites (tertiary alicyclic amines) is 1. The van der Waals surface area contributed by atoms with Gasteiger partial charge in [0.05, 0.1) is 16.3 Å². The lowest BCUT2D eigenvalue weighted by Crippen LogP contribution is -2.26. The lowest BCUT2D eigenvalue weighted by atomic mass is 10.2. The van der Waals surface area contributed by atoms with Crippen molar-refractivity contribution in [3.63, 3.8) is 0 Å². The number of benzene rings is 1. The molecule has 4 N–H and O–H groups in total. The first-order valence-corrected chi connectivity index (χ1v) is 8.86. The van der Waals surface area contributed by atoms with E-state index in [1.165, 1.54) is 18.9 Å². The SMILES string of the molecule is CCNS(=O)(=O)c1ccc(N)c(NCCN2CCCC2)c1. The Morgan fingerprint density at radius 3 is 2.67 bits per heavy atom. The van der Waals surface area contributed by atoms with E-state index < -0.39 is 10.0 Å². The minimum absolute atomic E-state index is 0.238. The van der Waals surface area contributed by atoms with Gasteiger partial charge in [-0.15, -0.1) is 0 Å². The summed E-state index contributed by atoms with van der Waals surface area (Å²) in [5, 5.41) is 3.24. The van der Waals surface area contributed by atoms with Gasteiger partial charge >= 0.3 is 0 Å². The predicted molar refractivity (Wildman–Crippen MR) is 85.9 cm³/mol. The average Bonchev–Trinajstić information content (AvgIpc) is 2.94. The number of nitrogen functional groups attached to an aromatic ring is 1. The van der Waals surface area contributed by atoms with E-state index >= 15 is 0 Å². The van der Waals surface area contributed by atoms with Crippen molar-refractivity contribution in [2.75, 3.05) is 43.8 Å². The van der Waals surface area contributed by atoms with Crippen LogP contribution in [-0.4, -0.2) is 46.0 Å². The Labute approximate surface area is 126 Å². The van der Waals surface area contributed by atoms with Crippen LogP contribution in [0, 0.1) is 0 Å². The number of anilines is 2. The first-order chi connectivity index (χ1) is 10.0. The second-order valence-electron chi connectivity index (χ2n) is 5.23. The van der Waals surface area contributed by atoms with Crippen LogP contribution in [0.3, 0.4) is 0 Å². The molecule has 1 aromatic carbocycles. The largest absolute Gasteiger partial charge is 0.397 e. The normalized spacial score (nSPS) is 16.2. The van der Waals surface area contributed by atoms with Gasteiger partial charge in [0.1, 0.15) is 0 Å². The summed E-state index contributed by atoms with van der Waals surface area (Å²) >= 11 is 0. The second kappa shape index (κ2) is 7.11. The van der Waals surface area contributed by atoms with Crippen LogP contribution in [0.4, 0.5) is 11.4 Å². The highest BCUT2D eigenvalue weighted by atomic mass is 32.2. The smallest absolute Gasteiger partial charge is 0.240 e. The van der Waals surface area contributed by atoms with Crippen molar-refractivity contribution in [1.29, 1.82) is 0 Å². The van der Waals surface area contributed by atoms with Crippen LogP contribution < -0.4 is 15.8 Å². The Kier molecular flexibility index (Phi) is 5.44. The van der Waals surface area contributed by atoms with Gasteiger partial charge in [0, 0.05) is 19.6 Å². The second-order valence-corrected chi connectivity index (χ2v) is 6.99. The molecular weight excluding hydrogens is 288 g/mol. The van der Waals surface area contributed by atoms with Gasteiger partial charge in [-0.05, 0) is 44.1 Å². The molecule has 0 aromatic heterocycles. The zero-order chi connectivity index (χ0) is 15.3. The Hall–Kier alpha value is -1.31. The summed E-state index contributed by atoms with van der Waals surface area (Å²) in [4.78, 5) is 2.63. The zero-order valence-electron chi connectivity index (χ0n) is 12.4. The summed E-state index contributed by atoms with van der Waals surface area (Å²) in [5.74, 6) is 0. The molecule has 0 atom stereocenters. The molecule has 0 spiro atoms. The summed E-state index contributed by atoms with van der Waals surface area (Å²) in [6.45, 7) is 6.12. The van der Waals surface area contributed by atoms with E-state index in [4.69, 9.17) is 5.73 Å². The molecular formula is C14H24N4O2S. The third-order valence-electron chi connectivity index (χ3n) is 3.61. The Bertz CT molecular complexity index is 568. The van der Waals surface area contributed by atoms with Crippen molar-refractivity contribution in [3.05, 3.63) is 18.2 Å². The average molecular weight is 312 g/mol. The fourth-order valence-corrected chi connectivity index (χ4v) is 3.55. The molecule has 0 bridgehead atoms. The van der Waals surface area contributed by atoms with Gasteiger partial charge in [-0.3, -0.25) is 0 Å². The van der Waals surface area contributed by atoms with Gasteiger partial charge in [0.25, 0.3) is 0 Å². The van der Waals surface area contributed by atoms with Gasteiger partial charge in [-0.25, -0.2) is 13.1 Å². The minimum Gasteiger partial charge on any atom is -0.397 e. The van der Waals surface area contributed by atoms with Gasteiger partial charge in [-0.2, -0.15) is 0 Å². The minimum atomic E-state index is -3.45. The molecule has 0 unspecified atom stereocenters. The van der Waals surface area contributed by atoms with Crippen LogP contribution in [0.2, 0.25) is 0 Å². The number of hydrogen-bond acceptors (Lipinski definition) is 5. The first kappa shape index (κ1) is 16.1. The van der Waals surface area contributed by atoms with Gasteiger partial charge in [0.15, 0.2) is 0 Å². The van der Waals surface area contributed by atoms with Crippen molar-refractivity contribution >= 4 is 21.4 Å². The maximum atomic E-state index is 12.0. The quantitative estimate of drug-likeness (QED) is 0.656. The van der Waals surface area contributed by atoms with Crippen LogP contribution >= 0.6 is 0 Å². The van der Waals surface area contributed by atoms with Crippen molar-refractivity contribution in [2.45, 2.75) is 24.7 Å². The summed E-state index contributed by atoms with van der Waals surface area (Å²) in [7, 11) is -3.45. The van der Waals surface area contributed by atoms with E-state index in [9.17, 15) is 8.42 Å². The van der Waals surface area contributed by atoms with E-state index in [0.717, 1.165) is 26.2 Å². The van der Waals surface area contributed by atoms with Crippen LogP contribution in [0.5, 0.6) is 0 Å². The van der Waals surface area contributed by atoms with E-state index in [-0.39, 0.29) is 4.90 Å². The van der Waals surface area contributed by atoms with Gasteiger partial charge in [-0.1, -0.05) is 6.92 Å². The van der Waals surface area contributed by atoms with E-state index in [2.05, 4.69) is 14.9 Å². The highest BCUT2D eigenvalue weighted by Crippen LogP contribution is 2.22. The molecule has 1 heterocycles. The zero-order valence-corrected chi connectivity index (χ0v) is 13.2. The molecule has 1 fully saturated rings. The lowest BCUT2D eigenvalue weighted by molar-refractivity contribution is 0.353. The molecule has 1 aromatic rings. The Balaban J connectivity index is 2.01. The van der Waals surface area contributed by atoms with Gasteiger partial charge < -0.3 is 16.0 Å².